The van der Waals surface area contributed by atoms with E-state index in [1.807, 2.05) is 18.2 Å². The van der Waals surface area contributed by atoms with E-state index in [2.05, 4.69) is 5.32 Å². The van der Waals surface area contributed by atoms with E-state index in [1.165, 1.54) is 18.3 Å². The maximum Gasteiger partial charge on any atom is 0.323 e. The largest absolute Gasteiger partial charge is 0.480 e. The summed E-state index contributed by atoms with van der Waals surface area (Å²) in [5, 5.41) is 12.1. The van der Waals surface area contributed by atoms with Crippen LogP contribution in [0.4, 0.5) is 5.69 Å². The van der Waals surface area contributed by atoms with Crippen LogP contribution in [0.25, 0.3) is 0 Å². The molecule has 0 spiro atoms. The van der Waals surface area contributed by atoms with E-state index in [4.69, 9.17) is 16.7 Å². The minimum absolute atomic E-state index is 0.240. The number of hydrogen-bond acceptors (Lipinski definition) is 3. The number of nitrogens with one attached hydrogen (secondary N) is 1. The van der Waals surface area contributed by atoms with Gasteiger partial charge in [-0.05, 0) is 24.1 Å². The molecule has 6 nitrogen and oxygen atoms in total. The molecular weight excluding hydrogens is 332 g/mol. The molecule has 0 radical (unpaired) electrons. The normalized spacial score (nSPS) is 11.8. The van der Waals surface area contributed by atoms with Crippen molar-refractivity contribution in [2.24, 2.45) is 5.92 Å². The average Bonchev–Trinajstić information content (AvgIpc) is 2.52. The second-order valence-electron chi connectivity index (χ2n) is 5.46. The molecule has 24 heavy (non-hydrogen) atoms. The number of carboxylic acids is 1. The van der Waals surface area contributed by atoms with Crippen molar-refractivity contribution in [2.75, 3.05) is 5.32 Å². The van der Waals surface area contributed by atoms with Crippen molar-refractivity contribution in [1.29, 1.82) is 0 Å². The van der Waals surface area contributed by atoms with Crippen LogP contribution in [-0.2, 0) is 22.6 Å². The van der Waals surface area contributed by atoms with Crippen molar-refractivity contribution in [3.8, 4) is 0 Å². The summed E-state index contributed by atoms with van der Waals surface area (Å²) in [7, 11) is 0. The minimum Gasteiger partial charge on any atom is -0.480 e. The SMILES string of the molecule is CC(Cc1ccccc1Cl)C(=O)Nc1ccc(=O)n(CC(=O)O)c1. The van der Waals surface area contributed by atoms with E-state index in [0.29, 0.717) is 17.1 Å². The summed E-state index contributed by atoms with van der Waals surface area (Å²) in [6.45, 7) is 1.31. The summed E-state index contributed by atoms with van der Waals surface area (Å²) in [6, 6.07) is 9.97. The number of aliphatic carboxylic acids is 1. The van der Waals surface area contributed by atoms with Crippen LogP contribution >= 0.6 is 11.6 Å². The van der Waals surface area contributed by atoms with Gasteiger partial charge in [0.05, 0.1) is 5.69 Å². The number of carboxylic acid groups (broad SMARTS) is 1. The summed E-state index contributed by atoms with van der Waals surface area (Å²) >= 11 is 6.09. The molecule has 0 saturated heterocycles. The molecule has 0 saturated carbocycles. The first kappa shape index (κ1) is 17.7. The molecule has 1 amide bonds. The van der Waals surface area contributed by atoms with Gasteiger partial charge in [0.2, 0.25) is 5.91 Å². The fraction of sp³-hybridized carbons (Fsp3) is 0.235. The Kier molecular flexibility index (Phi) is 5.76. The lowest BCUT2D eigenvalue weighted by molar-refractivity contribution is -0.137. The number of halogens is 1. The molecular formula is C17H17ClN2O4. The van der Waals surface area contributed by atoms with Crippen LogP contribution in [0.3, 0.4) is 0 Å². The molecule has 2 N–H and O–H groups in total. The van der Waals surface area contributed by atoms with Crippen molar-refractivity contribution < 1.29 is 14.7 Å². The van der Waals surface area contributed by atoms with E-state index in [1.54, 1.807) is 13.0 Å². The summed E-state index contributed by atoms with van der Waals surface area (Å²) in [4.78, 5) is 34.6. The lowest BCUT2D eigenvalue weighted by atomic mass is 10.0. The Morgan fingerprint density at radius 3 is 2.62 bits per heavy atom. The average molecular weight is 349 g/mol. The Balaban J connectivity index is 2.07. The van der Waals surface area contributed by atoms with E-state index in [0.717, 1.165) is 10.1 Å². The molecule has 2 rings (SSSR count). The standard InChI is InChI=1S/C17H17ClN2O4/c1-11(8-12-4-2-3-5-14(12)18)17(24)19-13-6-7-15(21)20(9-13)10-16(22)23/h2-7,9,11H,8,10H2,1H3,(H,19,24)(H,22,23). The first-order chi connectivity index (χ1) is 11.4. The second-order valence-corrected chi connectivity index (χ2v) is 5.87. The first-order valence-corrected chi connectivity index (χ1v) is 7.71. The molecule has 7 heteroatoms. The Morgan fingerprint density at radius 2 is 1.96 bits per heavy atom. The van der Waals surface area contributed by atoms with Gasteiger partial charge in [-0.2, -0.15) is 0 Å². The monoisotopic (exact) mass is 348 g/mol. The number of carbonyl (C=O) groups is 2. The molecule has 2 aromatic rings. The summed E-state index contributed by atoms with van der Waals surface area (Å²) in [5.41, 5.74) is 0.795. The van der Waals surface area contributed by atoms with Crippen molar-refractivity contribution in [3.63, 3.8) is 0 Å². The molecule has 1 aromatic carbocycles. The zero-order valence-corrected chi connectivity index (χ0v) is 13.8. The Morgan fingerprint density at radius 1 is 1.25 bits per heavy atom. The fourth-order valence-electron chi connectivity index (χ4n) is 2.23. The van der Waals surface area contributed by atoms with Gasteiger partial charge in [0.15, 0.2) is 0 Å². The maximum absolute atomic E-state index is 12.3. The van der Waals surface area contributed by atoms with Crippen molar-refractivity contribution in [1.82, 2.24) is 4.57 Å². The van der Waals surface area contributed by atoms with Gasteiger partial charge in [0.1, 0.15) is 6.54 Å². The highest BCUT2D eigenvalue weighted by molar-refractivity contribution is 6.31. The number of carbonyl (C=O) groups excluding carboxylic acids is 1. The van der Waals surface area contributed by atoms with Gasteiger partial charge in [-0.25, -0.2) is 0 Å². The van der Waals surface area contributed by atoms with E-state index >= 15 is 0 Å². The molecule has 0 aliphatic carbocycles. The molecule has 0 aliphatic heterocycles. The highest BCUT2D eigenvalue weighted by atomic mass is 35.5. The van der Waals surface area contributed by atoms with Crippen LogP contribution in [0.1, 0.15) is 12.5 Å². The molecule has 0 aliphatic rings. The van der Waals surface area contributed by atoms with Gasteiger partial charge < -0.3 is 15.0 Å². The number of aromatic nitrogens is 1. The van der Waals surface area contributed by atoms with Gasteiger partial charge >= 0.3 is 5.97 Å². The molecule has 0 fully saturated rings. The topological polar surface area (TPSA) is 88.4 Å². The lowest BCUT2D eigenvalue weighted by Crippen LogP contribution is -2.26. The Hall–Kier alpha value is -2.60. The molecule has 1 atom stereocenters. The molecule has 126 valence electrons. The predicted molar refractivity (Wildman–Crippen MR) is 91.3 cm³/mol. The third-order valence-electron chi connectivity index (χ3n) is 3.49. The zero-order chi connectivity index (χ0) is 17.7. The van der Waals surface area contributed by atoms with E-state index in [-0.39, 0.29) is 11.8 Å². The van der Waals surface area contributed by atoms with Crippen molar-refractivity contribution in [2.45, 2.75) is 19.9 Å². The maximum atomic E-state index is 12.3. The number of pyridine rings is 1. The third-order valence-corrected chi connectivity index (χ3v) is 3.86. The molecule has 1 aromatic heterocycles. The number of hydrogen-bond donors (Lipinski definition) is 2. The summed E-state index contributed by atoms with van der Waals surface area (Å²) < 4.78 is 1.02. The first-order valence-electron chi connectivity index (χ1n) is 7.33. The van der Waals surface area contributed by atoms with E-state index < -0.39 is 18.1 Å². The lowest BCUT2D eigenvalue weighted by Gasteiger charge is -2.14. The minimum atomic E-state index is -1.13. The highest BCUT2D eigenvalue weighted by Crippen LogP contribution is 2.19. The number of amides is 1. The van der Waals surface area contributed by atoms with Gasteiger partial charge in [0, 0.05) is 23.2 Å². The number of anilines is 1. The molecule has 1 heterocycles. The quantitative estimate of drug-likeness (QED) is 0.839. The van der Waals surface area contributed by atoms with Gasteiger partial charge in [-0.1, -0.05) is 36.7 Å². The van der Waals surface area contributed by atoms with Crippen LogP contribution in [-0.4, -0.2) is 21.6 Å². The Labute approximate surface area is 143 Å². The van der Waals surface area contributed by atoms with Crippen LogP contribution in [0.2, 0.25) is 5.02 Å². The van der Waals surface area contributed by atoms with Gasteiger partial charge in [0.25, 0.3) is 5.56 Å². The Bertz CT molecular complexity index is 816. The molecule has 1 unspecified atom stereocenters. The van der Waals surface area contributed by atoms with Crippen LogP contribution < -0.4 is 10.9 Å². The van der Waals surface area contributed by atoms with E-state index in [9.17, 15) is 14.4 Å². The van der Waals surface area contributed by atoms with Gasteiger partial charge in [-0.3, -0.25) is 14.4 Å². The van der Waals surface area contributed by atoms with Gasteiger partial charge in [-0.15, -0.1) is 0 Å². The van der Waals surface area contributed by atoms with Crippen molar-refractivity contribution in [3.05, 3.63) is 63.5 Å². The zero-order valence-electron chi connectivity index (χ0n) is 13.0. The molecule has 0 bridgehead atoms. The van der Waals surface area contributed by atoms with Crippen molar-refractivity contribution >= 4 is 29.2 Å². The predicted octanol–water partition coefficient (Wildman–Crippen LogP) is 2.40. The highest BCUT2D eigenvalue weighted by Gasteiger charge is 2.15. The number of benzene rings is 1. The third kappa shape index (κ3) is 4.70. The van der Waals surface area contributed by atoms with Crippen LogP contribution in [0.15, 0.2) is 47.4 Å². The number of rotatable bonds is 6. The number of nitrogens with zero attached hydrogens (tertiary/aromatic N) is 1. The smallest absolute Gasteiger partial charge is 0.323 e. The fourth-order valence-corrected chi connectivity index (χ4v) is 2.44. The van der Waals surface area contributed by atoms with Crippen LogP contribution in [0.5, 0.6) is 0 Å². The second kappa shape index (κ2) is 7.79. The summed E-state index contributed by atoms with van der Waals surface area (Å²) in [6.07, 6.45) is 1.79. The van der Waals surface area contributed by atoms with Crippen LogP contribution in [0, 0.1) is 5.92 Å². The summed E-state index contributed by atoms with van der Waals surface area (Å²) in [5.74, 6) is -1.71.